The van der Waals surface area contributed by atoms with Gasteiger partial charge in [0.1, 0.15) is 18.2 Å². The fourth-order valence-corrected chi connectivity index (χ4v) is 3.60. The van der Waals surface area contributed by atoms with E-state index < -0.39 is 0 Å². The maximum absolute atomic E-state index is 13.3. The summed E-state index contributed by atoms with van der Waals surface area (Å²) in [7, 11) is 1.74. The second-order valence-electron chi connectivity index (χ2n) is 7.05. The summed E-state index contributed by atoms with van der Waals surface area (Å²) in [5.41, 5.74) is 2.42. The minimum Gasteiger partial charge on any atom is -0.340 e. The Morgan fingerprint density at radius 3 is 3.11 bits per heavy atom. The molecule has 1 aromatic carbocycles. The smallest absolute Gasteiger partial charge is 0.244 e. The monoisotopic (exact) mass is 370 g/mol. The summed E-state index contributed by atoms with van der Waals surface area (Å²) in [4.78, 5) is 21.8. The number of carbonyl (C=O) groups excluding carboxylic acids is 1. The van der Waals surface area contributed by atoms with E-state index in [-0.39, 0.29) is 18.3 Å². The zero-order chi connectivity index (χ0) is 18.8. The van der Waals surface area contributed by atoms with Gasteiger partial charge in [-0.2, -0.15) is 5.10 Å². The van der Waals surface area contributed by atoms with E-state index in [1.165, 1.54) is 12.1 Å². The molecule has 3 aromatic rings. The van der Waals surface area contributed by atoms with E-state index in [1.807, 2.05) is 6.07 Å². The van der Waals surface area contributed by atoms with Crippen LogP contribution < -0.4 is 5.32 Å². The van der Waals surface area contributed by atoms with Crippen LogP contribution in [0, 0.1) is 5.82 Å². The van der Waals surface area contributed by atoms with E-state index in [1.54, 1.807) is 28.9 Å². The number of hydrogen-bond acceptors (Lipinski definition) is 4. The van der Waals surface area contributed by atoms with Gasteiger partial charge in [-0.05, 0) is 43.7 Å². The molecule has 0 bridgehead atoms. The second-order valence-corrected chi connectivity index (χ2v) is 7.05. The van der Waals surface area contributed by atoms with E-state index in [9.17, 15) is 9.18 Å². The van der Waals surface area contributed by atoms with Crippen molar-refractivity contribution in [2.75, 3.05) is 20.1 Å². The quantitative estimate of drug-likeness (QED) is 0.720. The molecule has 1 atom stereocenters. The molecule has 7 nitrogen and oxygen atoms in total. The fraction of sp³-hybridized carbons (Fsp3) is 0.421. The summed E-state index contributed by atoms with van der Waals surface area (Å²) < 4.78 is 15.1. The van der Waals surface area contributed by atoms with E-state index in [2.05, 4.69) is 20.4 Å². The van der Waals surface area contributed by atoms with Crippen LogP contribution in [-0.4, -0.2) is 50.7 Å². The lowest BCUT2D eigenvalue weighted by atomic mass is 9.96. The molecule has 0 saturated carbocycles. The Kier molecular flexibility index (Phi) is 4.89. The number of benzene rings is 1. The first-order valence-electron chi connectivity index (χ1n) is 9.20. The van der Waals surface area contributed by atoms with Crippen LogP contribution in [0.25, 0.3) is 11.0 Å². The van der Waals surface area contributed by atoms with Gasteiger partial charge in [0.25, 0.3) is 0 Å². The zero-order valence-corrected chi connectivity index (χ0v) is 15.3. The molecule has 1 aliphatic rings. The number of carbonyl (C=O) groups is 1. The van der Waals surface area contributed by atoms with Crippen molar-refractivity contribution in [2.45, 2.75) is 31.8 Å². The molecule has 0 spiro atoms. The lowest BCUT2D eigenvalue weighted by Crippen LogP contribution is -2.33. The van der Waals surface area contributed by atoms with Crippen LogP contribution in [0.5, 0.6) is 0 Å². The number of halogens is 1. The zero-order valence-electron chi connectivity index (χ0n) is 15.3. The minimum atomic E-state index is -0.314. The van der Waals surface area contributed by atoms with Crippen LogP contribution in [-0.2, 0) is 17.9 Å². The predicted molar refractivity (Wildman–Crippen MR) is 99.6 cm³/mol. The molecule has 3 heterocycles. The summed E-state index contributed by atoms with van der Waals surface area (Å²) >= 11 is 0. The lowest BCUT2D eigenvalue weighted by Gasteiger charge is -2.24. The third kappa shape index (κ3) is 3.85. The van der Waals surface area contributed by atoms with Crippen molar-refractivity contribution < 1.29 is 9.18 Å². The first-order chi connectivity index (χ1) is 13.1. The third-order valence-electron chi connectivity index (χ3n) is 5.06. The molecule has 0 aliphatic carbocycles. The van der Waals surface area contributed by atoms with Gasteiger partial charge in [0, 0.05) is 31.4 Å². The molecule has 1 aliphatic heterocycles. The van der Waals surface area contributed by atoms with Crippen LogP contribution in [0.1, 0.15) is 30.3 Å². The van der Waals surface area contributed by atoms with Gasteiger partial charge in [0.15, 0.2) is 0 Å². The van der Waals surface area contributed by atoms with Gasteiger partial charge in [0.2, 0.25) is 5.91 Å². The molecule has 4 rings (SSSR count). The topological polar surface area (TPSA) is 78.8 Å². The van der Waals surface area contributed by atoms with Crippen molar-refractivity contribution in [3.05, 3.63) is 47.8 Å². The number of imidazole rings is 1. The van der Waals surface area contributed by atoms with Gasteiger partial charge >= 0.3 is 0 Å². The molecule has 0 radical (unpaired) electrons. The fourth-order valence-electron chi connectivity index (χ4n) is 3.60. The van der Waals surface area contributed by atoms with E-state index >= 15 is 0 Å². The summed E-state index contributed by atoms with van der Waals surface area (Å²) in [6.07, 6.45) is 4.00. The SMILES string of the molecule is CN(Cc1nc2ccc(F)cc2[nH]1)C(=O)Cn1nccc1[C@@H]1CCCNC1. The molecule has 1 saturated heterocycles. The number of H-pyrrole nitrogens is 1. The van der Waals surface area contributed by atoms with Crippen LogP contribution >= 0.6 is 0 Å². The number of aromatic nitrogens is 4. The minimum absolute atomic E-state index is 0.0460. The standard InChI is InChI=1S/C19H23FN6O/c1-25(11-18-23-15-5-4-14(20)9-16(15)24-18)19(27)12-26-17(6-8-22-26)13-3-2-7-21-10-13/h4-6,8-9,13,21H,2-3,7,10-12H2,1H3,(H,23,24)/t13-/m1/s1. The maximum atomic E-state index is 13.3. The van der Waals surface area contributed by atoms with Crippen LogP contribution in [0.15, 0.2) is 30.5 Å². The number of rotatable bonds is 5. The van der Waals surface area contributed by atoms with Crippen LogP contribution in [0.2, 0.25) is 0 Å². The highest BCUT2D eigenvalue weighted by Crippen LogP contribution is 2.23. The number of fused-ring (bicyclic) bond motifs is 1. The Bertz CT molecular complexity index is 943. The van der Waals surface area contributed by atoms with Gasteiger partial charge in [0.05, 0.1) is 17.6 Å². The average Bonchev–Trinajstić information content (AvgIpc) is 3.28. The van der Waals surface area contributed by atoms with Gasteiger partial charge in [-0.1, -0.05) is 0 Å². The number of hydrogen-bond donors (Lipinski definition) is 2. The van der Waals surface area contributed by atoms with Crippen LogP contribution in [0.4, 0.5) is 4.39 Å². The normalized spacial score (nSPS) is 17.3. The Morgan fingerprint density at radius 1 is 1.41 bits per heavy atom. The first-order valence-corrected chi connectivity index (χ1v) is 9.20. The molecular weight excluding hydrogens is 347 g/mol. The van der Waals surface area contributed by atoms with Gasteiger partial charge in [-0.25, -0.2) is 9.37 Å². The average molecular weight is 370 g/mol. The van der Waals surface area contributed by atoms with Crippen LogP contribution in [0.3, 0.4) is 0 Å². The van der Waals surface area contributed by atoms with Gasteiger partial charge in [-0.3, -0.25) is 9.48 Å². The molecule has 2 aromatic heterocycles. The van der Waals surface area contributed by atoms with Crippen molar-refractivity contribution in [1.29, 1.82) is 0 Å². The van der Waals surface area contributed by atoms with Crippen molar-refractivity contribution in [3.8, 4) is 0 Å². The number of nitrogens with zero attached hydrogens (tertiary/aromatic N) is 4. The predicted octanol–water partition coefficient (Wildman–Crippen LogP) is 2.02. The maximum Gasteiger partial charge on any atom is 0.244 e. The molecule has 8 heteroatoms. The molecular formula is C19H23FN6O. The number of nitrogens with one attached hydrogen (secondary N) is 2. The summed E-state index contributed by atoms with van der Waals surface area (Å²) in [5, 5.41) is 7.74. The third-order valence-corrected chi connectivity index (χ3v) is 5.06. The van der Waals surface area contributed by atoms with Gasteiger partial charge < -0.3 is 15.2 Å². The number of likely N-dealkylation sites (N-methyl/N-ethyl adjacent to an activating group) is 1. The first kappa shape index (κ1) is 17.7. The summed E-state index contributed by atoms with van der Waals surface area (Å²) in [5.74, 6) is 0.661. The van der Waals surface area contributed by atoms with E-state index in [0.29, 0.717) is 29.3 Å². The Hall–Kier alpha value is -2.74. The van der Waals surface area contributed by atoms with Gasteiger partial charge in [-0.15, -0.1) is 0 Å². The number of piperidine rings is 1. The van der Waals surface area contributed by atoms with Crippen molar-refractivity contribution in [1.82, 2.24) is 30.0 Å². The lowest BCUT2D eigenvalue weighted by molar-refractivity contribution is -0.131. The number of amides is 1. The van der Waals surface area contributed by atoms with Crippen molar-refractivity contribution >= 4 is 16.9 Å². The molecule has 142 valence electrons. The molecule has 0 unspecified atom stereocenters. The highest BCUT2D eigenvalue weighted by molar-refractivity contribution is 5.77. The molecule has 2 N–H and O–H groups in total. The number of aromatic amines is 1. The van der Waals surface area contributed by atoms with Crippen molar-refractivity contribution in [2.24, 2.45) is 0 Å². The Balaban J connectivity index is 1.42. The molecule has 27 heavy (non-hydrogen) atoms. The van der Waals surface area contributed by atoms with Crippen molar-refractivity contribution in [3.63, 3.8) is 0 Å². The highest BCUT2D eigenvalue weighted by Gasteiger charge is 2.21. The largest absolute Gasteiger partial charge is 0.340 e. The Labute approximate surface area is 156 Å². The summed E-state index contributed by atoms with van der Waals surface area (Å²) in [6, 6.07) is 6.41. The van der Waals surface area contributed by atoms with E-state index in [0.717, 1.165) is 31.6 Å². The second kappa shape index (κ2) is 7.48. The molecule has 1 fully saturated rings. The van der Waals surface area contributed by atoms with E-state index in [4.69, 9.17) is 0 Å². The molecule has 1 amide bonds. The Morgan fingerprint density at radius 2 is 2.30 bits per heavy atom. The highest BCUT2D eigenvalue weighted by atomic mass is 19.1. The summed E-state index contributed by atoms with van der Waals surface area (Å²) in [6.45, 7) is 2.50.